The van der Waals surface area contributed by atoms with Gasteiger partial charge in [-0.2, -0.15) is 0 Å². The highest BCUT2D eigenvalue weighted by atomic mass is 16.5. The second kappa shape index (κ2) is 4.88. The van der Waals surface area contributed by atoms with Gasteiger partial charge in [0.1, 0.15) is 0 Å². The van der Waals surface area contributed by atoms with Gasteiger partial charge in [-0.25, -0.2) is 0 Å². The SMILES string of the molecule is CC(C)(Cc1ccc2c(c1)OCCCO2)C(=O)O. The second-order valence-corrected chi connectivity index (χ2v) is 5.20. The van der Waals surface area contributed by atoms with E-state index in [2.05, 4.69) is 0 Å². The number of fused-ring (bicyclic) bond motifs is 1. The fraction of sp³-hybridized carbons (Fsp3) is 0.500. The molecule has 0 amide bonds. The lowest BCUT2D eigenvalue weighted by Crippen LogP contribution is -2.26. The molecule has 1 N–H and O–H groups in total. The van der Waals surface area contributed by atoms with Crippen molar-refractivity contribution in [1.82, 2.24) is 0 Å². The Morgan fingerprint density at radius 3 is 2.61 bits per heavy atom. The molecule has 1 heterocycles. The highest BCUT2D eigenvalue weighted by Crippen LogP contribution is 2.32. The van der Waals surface area contributed by atoms with Crippen LogP contribution in [0, 0.1) is 5.41 Å². The van der Waals surface area contributed by atoms with Gasteiger partial charge in [0.15, 0.2) is 11.5 Å². The summed E-state index contributed by atoms with van der Waals surface area (Å²) in [7, 11) is 0. The molecule has 0 saturated carbocycles. The third-order valence-electron chi connectivity index (χ3n) is 3.04. The van der Waals surface area contributed by atoms with E-state index in [1.54, 1.807) is 13.8 Å². The summed E-state index contributed by atoms with van der Waals surface area (Å²) < 4.78 is 11.1. The summed E-state index contributed by atoms with van der Waals surface area (Å²) in [5.41, 5.74) is 0.173. The van der Waals surface area contributed by atoms with Crippen LogP contribution in [0.2, 0.25) is 0 Å². The standard InChI is InChI=1S/C14H18O4/c1-14(2,13(15)16)9-10-4-5-11-12(8-10)18-7-3-6-17-11/h4-5,8H,3,6-7,9H2,1-2H3,(H,15,16). The van der Waals surface area contributed by atoms with Crippen LogP contribution in [0.25, 0.3) is 0 Å². The number of carboxylic acid groups (broad SMARTS) is 1. The van der Waals surface area contributed by atoms with Gasteiger partial charge in [-0.15, -0.1) is 0 Å². The molecule has 1 aromatic carbocycles. The first kappa shape index (κ1) is 12.7. The number of carbonyl (C=O) groups is 1. The number of benzene rings is 1. The maximum atomic E-state index is 11.1. The van der Waals surface area contributed by atoms with Crippen molar-refractivity contribution in [3.8, 4) is 11.5 Å². The monoisotopic (exact) mass is 250 g/mol. The fourth-order valence-corrected chi connectivity index (χ4v) is 1.90. The lowest BCUT2D eigenvalue weighted by atomic mass is 9.86. The van der Waals surface area contributed by atoms with E-state index >= 15 is 0 Å². The molecule has 0 aliphatic carbocycles. The zero-order chi connectivity index (χ0) is 13.2. The van der Waals surface area contributed by atoms with Crippen LogP contribution in [0.15, 0.2) is 18.2 Å². The molecule has 0 atom stereocenters. The van der Waals surface area contributed by atoms with Crippen LogP contribution in [0.4, 0.5) is 0 Å². The molecule has 4 nitrogen and oxygen atoms in total. The second-order valence-electron chi connectivity index (χ2n) is 5.20. The molecule has 0 spiro atoms. The maximum Gasteiger partial charge on any atom is 0.309 e. The summed E-state index contributed by atoms with van der Waals surface area (Å²) in [6.07, 6.45) is 1.34. The van der Waals surface area contributed by atoms with Crippen molar-refractivity contribution in [2.24, 2.45) is 5.41 Å². The quantitative estimate of drug-likeness (QED) is 0.895. The van der Waals surface area contributed by atoms with Gasteiger partial charge in [0.25, 0.3) is 0 Å². The predicted octanol–water partition coefficient (Wildman–Crippen LogP) is 2.50. The van der Waals surface area contributed by atoms with Crippen molar-refractivity contribution in [1.29, 1.82) is 0 Å². The van der Waals surface area contributed by atoms with Crippen LogP contribution < -0.4 is 9.47 Å². The number of carboxylic acids is 1. The molecule has 2 rings (SSSR count). The third-order valence-corrected chi connectivity index (χ3v) is 3.04. The minimum atomic E-state index is -0.797. The summed E-state index contributed by atoms with van der Waals surface area (Å²) >= 11 is 0. The highest BCUT2D eigenvalue weighted by molar-refractivity contribution is 5.74. The van der Waals surface area contributed by atoms with Crippen molar-refractivity contribution in [3.05, 3.63) is 23.8 Å². The number of aliphatic carboxylic acids is 1. The van der Waals surface area contributed by atoms with Gasteiger partial charge in [0.2, 0.25) is 0 Å². The van der Waals surface area contributed by atoms with E-state index in [0.717, 1.165) is 17.7 Å². The molecule has 1 aromatic rings. The third kappa shape index (κ3) is 2.75. The van der Waals surface area contributed by atoms with Crippen LogP contribution in [-0.2, 0) is 11.2 Å². The van der Waals surface area contributed by atoms with E-state index < -0.39 is 11.4 Å². The van der Waals surface area contributed by atoms with Gasteiger partial charge >= 0.3 is 5.97 Å². The maximum absolute atomic E-state index is 11.1. The van der Waals surface area contributed by atoms with E-state index in [4.69, 9.17) is 14.6 Å². The first-order valence-electron chi connectivity index (χ1n) is 6.11. The average molecular weight is 250 g/mol. The van der Waals surface area contributed by atoms with Crippen molar-refractivity contribution >= 4 is 5.97 Å². The smallest absolute Gasteiger partial charge is 0.309 e. The predicted molar refractivity (Wildman–Crippen MR) is 67.2 cm³/mol. The molecule has 0 fully saturated rings. The van der Waals surface area contributed by atoms with E-state index in [0.29, 0.717) is 25.4 Å². The molecule has 1 aliphatic heterocycles. The average Bonchev–Trinajstić information content (AvgIpc) is 2.52. The normalized spacial score (nSPS) is 15.0. The molecule has 0 aromatic heterocycles. The molecule has 98 valence electrons. The van der Waals surface area contributed by atoms with Gasteiger partial charge in [-0.1, -0.05) is 6.07 Å². The Balaban J connectivity index is 2.21. The zero-order valence-corrected chi connectivity index (χ0v) is 10.7. The van der Waals surface area contributed by atoms with Crippen molar-refractivity contribution < 1.29 is 19.4 Å². The molecule has 4 heteroatoms. The van der Waals surface area contributed by atoms with Gasteiger partial charge in [0, 0.05) is 6.42 Å². The van der Waals surface area contributed by atoms with Crippen LogP contribution in [0.3, 0.4) is 0 Å². The van der Waals surface area contributed by atoms with E-state index in [9.17, 15) is 4.79 Å². The minimum Gasteiger partial charge on any atom is -0.490 e. The first-order chi connectivity index (χ1) is 8.49. The summed E-state index contributed by atoms with van der Waals surface area (Å²) in [4.78, 5) is 11.1. The van der Waals surface area contributed by atoms with Gasteiger partial charge in [-0.3, -0.25) is 4.79 Å². The molecule has 0 unspecified atom stereocenters. The molecule has 0 saturated heterocycles. The molecule has 18 heavy (non-hydrogen) atoms. The molecule has 0 bridgehead atoms. The lowest BCUT2D eigenvalue weighted by Gasteiger charge is -2.19. The lowest BCUT2D eigenvalue weighted by molar-refractivity contribution is -0.146. The van der Waals surface area contributed by atoms with E-state index in [1.165, 1.54) is 0 Å². The summed E-state index contributed by atoms with van der Waals surface area (Å²) in [6, 6.07) is 5.64. The van der Waals surface area contributed by atoms with Crippen LogP contribution in [0.5, 0.6) is 11.5 Å². The summed E-state index contributed by atoms with van der Waals surface area (Å²) in [6.45, 7) is 4.74. The van der Waals surface area contributed by atoms with E-state index in [1.807, 2.05) is 18.2 Å². The van der Waals surface area contributed by atoms with Crippen molar-refractivity contribution in [2.45, 2.75) is 26.7 Å². The van der Waals surface area contributed by atoms with Crippen molar-refractivity contribution in [3.63, 3.8) is 0 Å². The van der Waals surface area contributed by atoms with Crippen molar-refractivity contribution in [2.75, 3.05) is 13.2 Å². The number of hydrogen-bond donors (Lipinski definition) is 1. The molecular formula is C14H18O4. The highest BCUT2D eigenvalue weighted by Gasteiger charge is 2.27. The number of rotatable bonds is 3. The van der Waals surface area contributed by atoms with Gasteiger partial charge in [0.05, 0.1) is 18.6 Å². The largest absolute Gasteiger partial charge is 0.490 e. The minimum absolute atomic E-state index is 0.471. The Morgan fingerprint density at radius 1 is 1.28 bits per heavy atom. The Labute approximate surface area is 107 Å². The molecular weight excluding hydrogens is 232 g/mol. The topological polar surface area (TPSA) is 55.8 Å². The van der Waals surface area contributed by atoms with Crippen LogP contribution >= 0.6 is 0 Å². The Bertz CT molecular complexity index is 451. The Hall–Kier alpha value is -1.71. The zero-order valence-electron chi connectivity index (χ0n) is 10.7. The molecule has 0 radical (unpaired) electrons. The molecule has 1 aliphatic rings. The summed E-state index contributed by atoms with van der Waals surface area (Å²) in [5, 5.41) is 9.13. The van der Waals surface area contributed by atoms with Crippen LogP contribution in [-0.4, -0.2) is 24.3 Å². The first-order valence-corrected chi connectivity index (χ1v) is 6.11. The number of ether oxygens (including phenoxy) is 2. The van der Waals surface area contributed by atoms with Crippen LogP contribution in [0.1, 0.15) is 25.8 Å². The van der Waals surface area contributed by atoms with E-state index in [-0.39, 0.29) is 0 Å². The summed E-state index contributed by atoms with van der Waals surface area (Å²) in [5.74, 6) is 0.658. The fourth-order valence-electron chi connectivity index (χ4n) is 1.90. The van der Waals surface area contributed by atoms with Gasteiger partial charge in [-0.05, 0) is 38.0 Å². The number of hydrogen-bond acceptors (Lipinski definition) is 3. The van der Waals surface area contributed by atoms with Gasteiger partial charge < -0.3 is 14.6 Å². The Morgan fingerprint density at radius 2 is 1.94 bits per heavy atom. The Kier molecular flexibility index (Phi) is 3.45.